The van der Waals surface area contributed by atoms with Gasteiger partial charge >= 0.3 is 0 Å². The molecule has 5 rings (SSSR count). The number of aliphatic imine (C=N–C) groups is 1. The fourth-order valence-electron chi connectivity index (χ4n) is 4.44. The second kappa shape index (κ2) is 12.9. The summed E-state index contributed by atoms with van der Waals surface area (Å²) in [6.45, 7) is 2.42. The summed E-state index contributed by atoms with van der Waals surface area (Å²) in [6.07, 6.45) is 3.81. The first kappa shape index (κ1) is 28.9. The van der Waals surface area contributed by atoms with Crippen molar-refractivity contribution in [3.8, 4) is 11.5 Å². The molecule has 0 unspecified atom stereocenters. The largest absolute Gasteiger partial charge is 0.497 e. The number of amidine groups is 1. The van der Waals surface area contributed by atoms with Gasteiger partial charge in [0.15, 0.2) is 5.17 Å². The first-order chi connectivity index (χ1) is 19.8. The van der Waals surface area contributed by atoms with Crippen LogP contribution in [0.25, 0.3) is 12.2 Å². The molecule has 0 aliphatic carbocycles. The van der Waals surface area contributed by atoms with Crippen molar-refractivity contribution in [3.63, 3.8) is 0 Å². The van der Waals surface area contributed by atoms with E-state index < -0.39 is 0 Å². The third-order valence-corrected chi connectivity index (χ3v) is 9.18. The van der Waals surface area contributed by atoms with Gasteiger partial charge in [0.1, 0.15) is 15.8 Å². The maximum Gasteiger partial charge on any atom is 0.286 e. The number of nitrogens with zero attached hydrogens (tertiary/aromatic N) is 4. The molecule has 2 aromatic carbocycles. The van der Waals surface area contributed by atoms with Gasteiger partial charge in [-0.1, -0.05) is 48.2 Å². The number of carbonyl (C=O) groups excluding carboxylic acids is 3. The molecular weight excluding hydrogens is 581 g/mol. The van der Waals surface area contributed by atoms with Gasteiger partial charge in [0.05, 0.1) is 24.0 Å². The number of hydrogen-bond acceptors (Lipinski definition) is 9. The van der Waals surface area contributed by atoms with E-state index in [0.29, 0.717) is 45.5 Å². The zero-order valence-corrected chi connectivity index (χ0v) is 25.0. The lowest BCUT2D eigenvalue weighted by Gasteiger charge is -2.35. The Kier molecular flexibility index (Phi) is 9.11. The highest BCUT2D eigenvalue weighted by Gasteiger charge is 2.33. The molecular formula is C29H28N4O5S3. The number of hydrogen-bond donors (Lipinski definition) is 0. The third kappa shape index (κ3) is 6.83. The normalized spacial score (nSPS) is 19.4. The van der Waals surface area contributed by atoms with Crippen LogP contribution < -0.4 is 9.47 Å². The third-order valence-electron chi connectivity index (χ3n) is 6.76. The molecule has 2 aromatic rings. The van der Waals surface area contributed by atoms with Crippen molar-refractivity contribution in [3.05, 3.63) is 69.5 Å². The van der Waals surface area contributed by atoms with E-state index in [0.717, 1.165) is 22.6 Å². The zero-order valence-electron chi connectivity index (χ0n) is 22.6. The van der Waals surface area contributed by atoms with Crippen molar-refractivity contribution >= 4 is 75.1 Å². The highest BCUT2D eigenvalue weighted by atomic mass is 32.2. The molecule has 3 amide bonds. The highest BCUT2D eigenvalue weighted by molar-refractivity contribution is 8.26. The summed E-state index contributed by atoms with van der Waals surface area (Å²) >= 11 is 8.02. The summed E-state index contributed by atoms with van der Waals surface area (Å²) in [6, 6.07) is 14.9. The SMILES string of the molecule is COc1ccc(/C=C2/SC(N3CCN(C(=O)CCN4C(=O)/C(=C\c5ccc(OC)cc5)SC4=S)CC3)=NC2=O)cc1. The lowest BCUT2D eigenvalue weighted by molar-refractivity contribution is -0.133. The molecule has 0 saturated carbocycles. The number of thiocarbonyl (C=S) groups is 1. The Labute approximate surface area is 252 Å². The van der Waals surface area contributed by atoms with Crippen molar-refractivity contribution < 1.29 is 23.9 Å². The minimum absolute atomic E-state index is 0.0324. The van der Waals surface area contributed by atoms with Crippen LogP contribution in [0.4, 0.5) is 0 Å². The van der Waals surface area contributed by atoms with Crippen molar-refractivity contribution in [2.75, 3.05) is 46.9 Å². The van der Waals surface area contributed by atoms with E-state index in [1.165, 1.54) is 28.4 Å². The van der Waals surface area contributed by atoms with E-state index in [2.05, 4.69) is 4.99 Å². The molecule has 9 nitrogen and oxygen atoms in total. The zero-order chi connectivity index (χ0) is 28.9. The van der Waals surface area contributed by atoms with E-state index >= 15 is 0 Å². The van der Waals surface area contributed by atoms with E-state index in [-0.39, 0.29) is 30.7 Å². The van der Waals surface area contributed by atoms with Crippen LogP contribution >= 0.6 is 35.7 Å². The van der Waals surface area contributed by atoms with Crippen LogP contribution in [0.1, 0.15) is 17.5 Å². The average molecular weight is 609 g/mol. The standard InChI is InChI=1S/C29H28N4O5S3/c1-37-21-7-3-19(4-8-21)17-23-26(35)30-28(40-23)32-15-13-31(14-16-32)25(34)11-12-33-27(36)24(41-29(33)39)18-20-5-9-22(38-2)10-6-20/h3-10,17-18H,11-16H2,1-2H3/b23-17+,24-18+. The molecule has 0 radical (unpaired) electrons. The molecule has 0 spiro atoms. The van der Waals surface area contributed by atoms with E-state index in [1.807, 2.05) is 59.5 Å². The summed E-state index contributed by atoms with van der Waals surface area (Å²) in [4.78, 5) is 49.1. The molecule has 3 aliphatic heterocycles. The number of ether oxygens (including phenoxy) is 2. The summed E-state index contributed by atoms with van der Waals surface area (Å²) in [5, 5.41) is 0.656. The fourth-order valence-corrected chi connectivity index (χ4v) is 6.72. The van der Waals surface area contributed by atoms with Gasteiger partial charge in [-0.25, -0.2) is 0 Å². The van der Waals surface area contributed by atoms with Crippen LogP contribution in [0.5, 0.6) is 11.5 Å². The number of amides is 3. The van der Waals surface area contributed by atoms with Crippen molar-refractivity contribution in [1.82, 2.24) is 14.7 Å². The van der Waals surface area contributed by atoms with E-state index in [1.54, 1.807) is 25.2 Å². The number of methoxy groups -OCH3 is 2. The number of piperazine rings is 1. The predicted molar refractivity (Wildman–Crippen MR) is 167 cm³/mol. The molecule has 2 saturated heterocycles. The lowest BCUT2D eigenvalue weighted by atomic mass is 10.2. The molecule has 3 aliphatic rings. The summed E-state index contributed by atoms with van der Waals surface area (Å²) < 4.78 is 10.8. The van der Waals surface area contributed by atoms with Gasteiger partial charge in [-0.15, -0.1) is 0 Å². The van der Waals surface area contributed by atoms with Crippen LogP contribution in [-0.2, 0) is 14.4 Å². The van der Waals surface area contributed by atoms with Crippen molar-refractivity contribution in [2.24, 2.45) is 4.99 Å². The average Bonchev–Trinajstić information content (AvgIpc) is 3.49. The van der Waals surface area contributed by atoms with Crippen LogP contribution in [0.15, 0.2) is 63.3 Å². The minimum atomic E-state index is -0.260. The highest BCUT2D eigenvalue weighted by Crippen LogP contribution is 2.33. The Morgan fingerprint density at radius 2 is 1.44 bits per heavy atom. The van der Waals surface area contributed by atoms with Gasteiger partial charge in [-0.3, -0.25) is 19.3 Å². The van der Waals surface area contributed by atoms with Gasteiger partial charge in [-0.05, 0) is 59.3 Å². The quantitative estimate of drug-likeness (QED) is 0.340. The molecule has 0 bridgehead atoms. The Bertz CT molecular complexity index is 1450. The molecule has 3 heterocycles. The monoisotopic (exact) mass is 608 g/mol. The molecule has 41 heavy (non-hydrogen) atoms. The van der Waals surface area contributed by atoms with Gasteiger partial charge in [0, 0.05) is 39.1 Å². The first-order valence-electron chi connectivity index (χ1n) is 12.9. The molecule has 0 atom stereocenters. The topological polar surface area (TPSA) is 91.8 Å². The van der Waals surface area contributed by atoms with Crippen LogP contribution in [0.3, 0.4) is 0 Å². The summed E-state index contributed by atoms with van der Waals surface area (Å²) in [5.74, 6) is 1.01. The van der Waals surface area contributed by atoms with E-state index in [4.69, 9.17) is 21.7 Å². The van der Waals surface area contributed by atoms with Crippen molar-refractivity contribution in [1.29, 1.82) is 0 Å². The number of rotatable bonds is 7. The molecule has 0 N–H and O–H groups in total. The van der Waals surface area contributed by atoms with Gasteiger partial charge in [0.2, 0.25) is 5.91 Å². The van der Waals surface area contributed by atoms with Gasteiger partial charge < -0.3 is 19.3 Å². The number of benzene rings is 2. The Morgan fingerprint density at radius 1 is 0.878 bits per heavy atom. The summed E-state index contributed by atoms with van der Waals surface area (Å²) in [7, 11) is 3.21. The summed E-state index contributed by atoms with van der Waals surface area (Å²) in [5.41, 5.74) is 1.77. The maximum absolute atomic E-state index is 13.0. The van der Waals surface area contributed by atoms with Crippen molar-refractivity contribution in [2.45, 2.75) is 6.42 Å². The second-order valence-corrected chi connectivity index (χ2v) is 12.0. The number of thioether (sulfide) groups is 2. The smallest absolute Gasteiger partial charge is 0.286 e. The number of carbonyl (C=O) groups is 3. The van der Waals surface area contributed by atoms with Crippen LogP contribution in [0.2, 0.25) is 0 Å². The molecule has 212 valence electrons. The lowest BCUT2D eigenvalue weighted by Crippen LogP contribution is -2.50. The molecule has 12 heteroatoms. The Morgan fingerprint density at radius 3 is 2.00 bits per heavy atom. The molecule has 0 aromatic heterocycles. The van der Waals surface area contributed by atoms with Gasteiger partial charge in [0.25, 0.3) is 11.8 Å². The Balaban J connectivity index is 1.10. The molecule has 2 fully saturated rings. The second-order valence-electron chi connectivity index (χ2n) is 9.31. The Hall–Kier alpha value is -3.61. The fraction of sp³-hybridized carbons (Fsp3) is 0.276. The van der Waals surface area contributed by atoms with E-state index in [9.17, 15) is 14.4 Å². The van der Waals surface area contributed by atoms with Gasteiger partial charge in [-0.2, -0.15) is 4.99 Å². The van der Waals surface area contributed by atoms with Crippen LogP contribution in [0, 0.1) is 0 Å². The first-order valence-corrected chi connectivity index (χ1v) is 15.0. The predicted octanol–water partition coefficient (Wildman–Crippen LogP) is 4.11. The minimum Gasteiger partial charge on any atom is -0.497 e. The maximum atomic E-state index is 13.0. The van der Waals surface area contributed by atoms with Crippen LogP contribution in [-0.4, -0.2) is 88.9 Å².